The minimum Gasteiger partial charge on any atom is -0.378 e. The first-order valence-corrected chi connectivity index (χ1v) is 7.67. The average molecular weight is 313 g/mol. The third kappa shape index (κ3) is 3.08. The van der Waals surface area contributed by atoms with Crippen LogP contribution in [0.4, 0.5) is 17.5 Å². The lowest BCUT2D eigenvalue weighted by Gasteiger charge is -2.30. The molecule has 0 radical (unpaired) electrons. The SMILES string of the molecule is Nc1nc(NCC2(c3ccccc3)CCCC2)ncc1[N+](=O)[O-]. The van der Waals surface area contributed by atoms with Crippen LogP contribution in [0.5, 0.6) is 0 Å². The van der Waals surface area contributed by atoms with Gasteiger partial charge < -0.3 is 11.1 Å². The molecule has 1 saturated carbocycles. The van der Waals surface area contributed by atoms with Gasteiger partial charge in [-0.3, -0.25) is 10.1 Å². The van der Waals surface area contributed by atoms with Crippen molar-refractivity contribution >= 4 is 17.5 Å². The van der Waals surface area contributed by atoms with Crippen LogP contribution in [0.15, 0.2) is 36.5 Å². The molecular formula is C16H19N5O2. The molecule has 2 aromatic rings. The van der Waals surface area contributed by atoms with E-state index in [1.54, 1.807) is 0 Å². The first kappa shape index (κ1) is 15.2. The summed E-state index contributed by atoms with van der Waals surface area (Å²) < 4.78 is 0. The topological polar surface area (TPSA) is 107 Å². The number of nitrogens with one attached hydrogen (secondary N) is 1. The molecule has 0 spiro atoms. The standard InChI is InChI=1S/C16H19N5O2/c17-14-13(21(22)23)10-18-15(20-14)19-11-16(8-4-5-9-16)12-6-2-1-3-7-12/h1-3,6-7,10H,4-5,8-9,11H2,(H3,17,18,19,20). The summed E-state index contributed by atoms with van der Waals surface area (Å²) in [6, 6.07) is 10.4. The number of hydrogen-bond acceptors (Lipinski definition) is 6. The summed E-state index contributed by atoms with van der Waals surface area (Å²) in [6.45, 7) is 0.689. The van der Waals surface area contributed by atoms with Crippen molar-refractivity contribution in [3.05, 3.63) is 52.2 Å². The molecule has 1 aliphatic rings. The fourth-order valence-corrected chi connectivity index (χ4v) is 3.27. The average Bonchev–Trinajstić information content (AvgIpc) is 3.04. The molecule has 23 heavy (non-hydrogen) atoms. The second-order valence-corrected chi connectivity index (χ2v) is 5.93. The predicted molar refractivity (Wildman–Crippen MR) is 88.2 cm³/mol. The van der Waals surface area contributed by atoms with Gasteiger partial charge in [0.05, 0.1) is 4.92 Å². The van der Waals surface area contributed by atoms with Crippen LogP contribution in [0.2, 0.25) is 0 Å². The molecule has 1 aromatic carbocycles. The number of nitrogen functional groups attached to an aromatic ring is 1. The van der Waals surface area contributed by atoms with Crippen LogP contribution in [-0.4, -0.2) is 21.4 Å². The monoisotopic (exact) mass is 313 g/mol. The van der Waals surface area contributed by atoms with E-state index in [1.807, 2.05) is 6.07 Å². The zero-order valence-electron chi connectivity index (χ0n) is 12.7. The highest BCUT2D eigenvalue weighted by atomic mass is 16.6. The summed E-state index contributed by atoms with van der Waals surface area (Å²) in [6.07, 6.45) is 5.74. The maximum Gasteiger partial charge on any atom is 0.329 e. The molecule has 0 bridgehead atoms. The molecule has 0 saturated heterocycles. The summed E-state index contributed by atoms with van der Waals surface area (Å²) in [5, 5.41) is 14.0. The Labute approximate surface area is 134 Å². The number of nitro groups is 1. The second-order valence-electron chi connectivity index (χ2n) is 5.93. The Morgan fingerprint density at radius 3 is 2.57 bits per heavy atom. The van der Waals surface area contributed by atoms with Gasteiger partial charge in [0.1, 0.15) is 6.20 Å². The van der Waals surface area contributed by atoms with Gasteiger partial charge in [-0.05, 0) is 18.4 Å². The van der Waals surface area contributed by atoms with E-state index in [9.17, 15) is 10.1 Å². The van der Waals surface area contributed by atoms with Crippen molar-refractivity contribution in [3.63, 3.8) is 0 Å². The van der Waals surface area contributed by atoms with Gasteiger partial charge in [-0.25, -0.2) is 4.98 Å². The third-order valence-corrected chi connectivity index (χ3v) is 4.53. The quantitative estimate of drug-likeness (QED) is 0.649. The zero-order valence-corrected chi connectivity index (χ0v) is 12.7. The Hall–Kier alpha value is -2.70. The van der Waals surface area contributed by atoms with Crippen LogP contribution in [0.25, 0.3) is 0 Å². The normalized spacial score (nSPS) is 16.2. The van der Waals surface area contributed by atoms with Crippen molar-refractivity contribution in [1.29, 1.82) is 0 Å². The summed E-state index contributed by atoms with van der Waals surface area (Å²) in [5.41, 5.74) is 6.71. The molecule has 0 aliphatic heterocycles. The summed E-state index contributed by atoms with van der Waals surface area (Å²) in [5.74, 6) is 0.211. The Morgan fingerprint density at radius 1 is 1.26 bits per heavy atom. The van der Waals surface area contributed by atoms with Gasteiger partial charge in [-0.2, -0.15) is 4.98 Å². The van der Waals surface area contributed by atoms with Gasteiger partial charge in [-0.1, -0.05) is 43.2 Å². The fraction of sp³-hybridized carbons (Fsp3) is 0.375. The van der Waals surface area contributed by atoms with E-state index in [1.165, 1.54) is 18.4 Å². The first-order valence-electron chi connectivity index (χ1n) is 7.67. The lowest BCUT2D eigenvalue weighted by molar-refractivity contribution is -0.384. The Balaban J connectivity index is 1.78. The van der Waals surface area contributed by atoms with Crippen LogP contribution in [0.1, 0.15) is 31.2 Å². The highest BCUT2D eigenvalue weighted by Crippen LogP contribution is 2.41. The smallest absolute Gasteiger partial charge is 0.329 e. The van der Waals surface area contributed by atoms with Gasteiger partial charge in [0, 0.05) is 12.0 Å². The molecule has 1 aliphatic carbocycles. The molecule has 3 N–H and O–H groups in total. The van der Waals surface area contributed by atoms with Gasteiger partial charge in [0.25, 0.3) is 0 Å². The van der Waals surface area contributed by atoms with Gasteiger partial charge in [-0.15, -0.1) is 0 Å². The molecule has 0 amide bonds. The molecule has 1 aromatic heterocycles. The molecule has 7 heteroatoms. The number of benzene rings is 1. The molecule has 1 heterocycles. The van der Waals surface area contributed by atoms with Crippen LogP contribution in [-0.2, 0) is 5.41 Å². The Kier molecular flexibility index (Phi) is 4.10. The number of aromatic nitrogens is 2. The maximum atomic E-state index is 10.8. The second kappa shape index (κ2) is 6.20. The molecule has 0 atom stereocenters. The lowest BCUT2D eigenvalue weighted by Crippen LogP contribution is -2.32. The molecule has 120 valence electrons. The Morgan fingerprint density at radius 2 is 1.96 bits per heavy atom. The van der Waals surface area contributed by atoms with Crippen molar-refractivity contribution in [2.75, 3.05) is 17.6 Å². The minimum absolute atomic E-state index is 0.0567. The van der Waals surface area contributed by atoms with Crippen molar-refractivity contribution in [2.45, 2.75) is 31.1 Å². The number of nitrogens with two attached hydrogens (primary N) is 1. The Bertz CT molecular complexity index is 699. The van der Waals surface area contributed by atoms with Crippen LogP contribution in [0.3, 0.4) is 0 Å². The summed E-state index contributed by atoms with van der Waals surface area (Å²) in [4.78, 5) is 18.2. The van der Waals surface area contributed by atoms with Crippen LogP contribution >= 0.6 is 0 Å². The first-order chi connectivity index (χ1) is 11.1. The van der Waals surface area contributed by atoms with Crippen molar-refractivity contribution in [2.24, 2.45) is 0 Å². The fourth-order valence-electron chi connectivity index (χ4n) is 3.27. The van der Waals surface area contributed by atoms with Crippen LogP contribution < -0.4 is 11.1 Å². The largest absolute Gasteiger partial charge is 0.378 e. The van der Waals surface area contributed by atoms with Crippen molar-refractivity contribution in [3.8, 4) is 0 Å². The number of hydrogen-bond donors (Lipinski definition) is 2. The summed E-state index contributed by atoms with van der Waals surface area (Å²) in [7, 11) is 0. The van der Waals surface area contributed by atoms with E-state index in [2.05, 4.69) is 39.6 Å². The number of anilines is 2. The van der Waals surface area contributed by atoms with E-state index in [-0.39, 0.29) is 16.9 Å². The maximum absolute atomic E-state index is 10.8. The molecule has 7 nitrogen and oxygen atoms in total. The molecule has 3 rings (SSSR count). The zero-order chi connectivity index (χ0) is 16.3. The molecule has 0 unspecified atom stereocenters. The van der Waals surface area contributed by atoms with E-state index < -0.39 is 4.92 Å². The van der Waals surface area contributed by atoms with Gasteiger partial charge in [0.15, 0.2) is 0 Å². The molecule has 1 fully saturated rings. The van der Waals surface area contributed by atoms with Crippen LogP contribution in [0, 0.1) is 10.1 Å². The van der Waals surface area contributed by atoms with E-state index in [0.717, 1.165) is 19.0 Å². The minimum atomic E-state index is -0.582. The highest BCUT2D eigenvalue weighted by Gasteiger charge is 2.35. The van der Waals surface area contributed by atoms with Crippen molar-refractivity contribution < 1.29 is 4.92 Å². The molecular weight excluding hydrogens is 294 g/mol. The highest BCUT2D eigenvalue weighted by molar-refractivity contribution is 5.53. The van der Waals surface area contributed by atoms with E-state index in [0.29, 0.717) is 12.5 Å². The number of nitrogens with zero attached hydrogens (tertiary/aromatic N) is 3. The summed E-state index contributed by atoms with van der Waals surface area (Å²) >= 11 is 0. The van der Waals surface area contributed by atoms with E-state index in [4.69, 9.17) is 5.73 Å². The predicted octanol–water partition coefficient (Wildman–Crippen LogP) is 2.89. The third-order valence-electron chi connectivity index (χ3n) is 4.53. The van der Waals surface area contributed by atoms with Gasteiger partial charge >= 0.3 is 5.69 Å². The van der Waals surface area contributed by atoms with Crippen molar-refractivity contribution in [1.82, 2.24) is 9.97 Å². The van der Waals surface area contributed by atoms with E-state index >= 15 is 0 Å². The van der Waals surface area contributed by atoms with Gasteiger partial charge in [0.2, 0.25) is 11.8 Å². The number of rotatable bonds is 5. The lowest BCUT2D eigenvalue weighted by atomic mass is 9.79.